The van der Waals surface area contributed by atoms with Crippen LogP contribution in [0.25, 0.3) is 0 Å². The maximum absolute atomic E-state index is 13.6. The fourth-order valence-electron chi connectivity index (χ4n) is 2.02. The molecule has 1 N–H and O–H groups in total. The van der Waals surface area contributed by atoms with Gasteiger partial charge in [-0.1, -0.05) is 0 Å². The van der Waals surface area contributed by atoms with E-state index in [2.05, 4.69) is 5.32 Å². The van der Waals surface area contributed by atoms with Gasteiger partial charge in [0.2, 0.25) is 5.91 Å². The number of hydrogen-bond donors (Lipinski definition) is 1. The lowest BCUT2D eigenvalue weighted by Gasteiger charge is -2.20. The molecule has 21 heavy (non-hydrogen) atoms. The molecule has 1 aliphatic rings. The molecular formula is C13H12F4N2O2. The SMILES string of the molecule is O=C1CN(C(=O)c2cc(C(F)(F)F)ccc2F)CCCN1. The van der Waals surface area contributed by atoms with E-state index in [-0.39, 0.29) is 13.1 Å². The van der Waals surface area contributed by atoms with E-state index in [0.29, 0.717) is 31.2 Å². The summed E-state index contributed by atoms with van der Waals surface area (Å²) in [6, 6.07) is 1.65. The Kier molecular flexibility index (Phi) is 4.15. The molecular weight excluding hydrogens is 292 g/mol. The molecule has 1 heterocycles. The van der Waals surface area contributed by atoms with Gasteiger partial charge in [0.15, 0.2) is 0 Å². The van der Waals surface area contributed by atoms with Crippen LogP contribution in [-0.4, -0.2) is 36.3 Å². The molecule has 114 valence electrons. The van der Waals surface area contributed by atoms with Crippen LogP contribution in [0.1, 0.15) is 22.3 Å². The van der Waals surface area contributed by atoms with Crippen molar-refractivity contribution in [2.24, 2.45) is 0 Å². The molecule has 0 bridgehead atoms. The van der Waals surface area contributed by atoms with E-state index in [1.165, 1.54) is 0 Å². The normalized spacial score (nSPS) is 16.4. The molecule has 1 fully saturated rings. The molecule has 1 aliphatic heterocycles. The minimum Gasteiger partial charge on any atom is -0.354 e. The molecule has 0 aliphatic carbocycles. The number of carbonyl (C=O) groups excluding carboxylic acids is 2. The van der Waals surface area contributed by atoms with Gasteiger partial charge < -0.3 is 10.2 Å². The first-order chi connectivity index (χ1) is 9.79. The summed E-state index contributed by atoms with van der Waals surface area (Å²) in [6.45, 7) is 0.245. The smallest absolute Gasteiger partial charge is 0.354 e. The Hall–Kier alpha value is -2.12. The Morgan fingerprint density at radius 2 is 2.00 bits per heavy atom. The number of nitrogens with one attached hydrogen (secondary N) is 1. The molecule has 0 aromatic heterocycles. The van der Waals surface area contributed by atoms with Crippen molar-refractivity contribution in [3.8, 4) is 0 Å². The van der Waals surface area contributed by atoms with Crippen molar-refractivity contribution in [1.29, 1.82) is 0 Å². The van der Waals surface area contributed by atoms with E-state index in [4.69, 9.17) is 0 Å². The number of halogens is 4. The minimum atomic E-state index is -4.67. The summed E-state index contributed by atoms with van der Waals surface area (Å²) < 4.78 is 51.5. The van der Waals surface area contributed by atoms with Crippen molar-refractivity contribution in [1.82, 2.24) is 10.2 Å². The van der Waals surface area contributed by atoms with Crippen LogP contribution >= 0.6 is 0 Å². The number of rotatable bonds is 1. The molecule has 0 unspecified atom stereocenters. The summed E-state index contributed by atoms with van der Waals surface area (Å²) in [5.41, 5.74) is -1.79. The number of amides is 2. The van der Waals surface area contributed by atoms with Gasteiger partial charge in [-0.3, -0.25) is 9.59 Å². The summed E-state index contributed by atoms with van der Waals surface area (Å²) in [5, 5.41) is 2.52. The minimum absolute atomic E-state index is 0.174. The van der Waals surface area contributed by atoms with Crippen LogP contribution in [0.3, 0.4) is 0 Å². The van der Waals surface area contributed by atoms with Gasteiger partial charge in [-0.05, 0) is 24.6 Å². The molecule has 0 spiro atoms. The Labute approximate surface area is 117 Å². The van der Waals surface area contributed by atoms with Crippen LogP contribution in [0.4, 0.5) is 17.6 Å². The van der Waals surface area contributed by atoms with Crippen molar-refractivity contribution < 1.29 is 27.2 Å². The highest BCUT2D eigenvalue weighted by molar-refractivity contribution is 5.97. The van der Waals surface area contributed by atoms with Gasteiger partial charge >= 0.3 is 6.18 Å². The van der Waals surface area contributed by atoms with E-state index in [1.54, 1.807) is 0 Å². The van der Waals surface area contributed by atoms with Crippen LogP contribution in [0.2, 0.25) is 0 Å². The second-order valence-corrected chi connectivity index (χ2v) is 4.62. The molecule has 0 saturated carbocycles. The molecule has 8 heteroatoms. The lowest BCUT2D eigenvalue weighted by molar-refractivity contribution is -0.137. The summed E-state index contributed by atoms with van der Waals surface area (Å²) in [7, 11) is 0. The highest BCUT2D eigenvalue weighted by Crippen LogP contribution is 2.30. The van der Waals surface area contributed by atoms with Gasteiger partial charge in [-0.15, -0.1) is 0 Å². The lowest BCUT2D eigenvalue weighted by Crippen LogP contribution is -2.37. The van der Waals surface area contributed by atoms with Crippen molar-refractivity contribution in [2.75, 3.05) is 19.6 Å². The molecule has 2 amide bonds. The van der Waals surface area contributed by atoms with E-state index in [0.717, 1.165) is 4.90 Å². The third-order valence-corrected chi connectivity index (χ3v) is 3.07. The Morgan fingerprint density at radius 3 is 2.67 bits per heavy atom. The number of carbonyl (C=O) groups is 2. The molecule has 4 nitrogen and oxygen atoms in total. The van der Waals surface area contributed by atoms with Gasteiger partial charge in [0.25, 0.3) is 5.91 Å². The van der Waals surface area contributed by atoms with Crippen LogP contribution in [0.15, 0.2) is 18.2 Å². The fourth-order valence-corrected chi connectivity index (χ4v) is 2.02. The molecule has 0 radical (unpaired) electrons. The molecule has 1 saturated heterocycles. The summed E-state index contributed by atoms with van der Waals surface area (Å²) in [4.78, 5) is 24.5. The van der Waals surface area contributed by atoms with E-state index < -0.39 is 34.9 Å². The van der Waals surface area contributed by atoms with Crippen molar-refractivity contribution >= 4 is 11.8 Å². The zero-order chi connectivity index (χ0) is 15.6. The topological polar surface area (TPSA) is 49.4 Å². The monoisotopic (exact) mass is 304 g/mol. The zero-order valence-electron chi connectivity index (χ0n) is 10.8. The first-order valence-electron chi connectivity index (χ1n) is 6.22. The molecule has 2 rings (SSSR count). The third-order valence-electron chi connectivity index (χ3n) is 3.07. The van der Waals surface area contributed by atoms with E-state index in [1.807, 2.05) is 0 Å². The highest BCUT2D eigenvalue weighted by atomic mass is 19.4. The maximum atomic E-state index is 13.6. The van der Waals surface area contributed by atoms with Crippen molar-refractivity contribution in [3.05, 3.63) is 35.1 Å². The zero-order valence-corrected chi connectivity index (χ0v) is 10.8. The number of hydrogen-bond acceptors (Lipinski definition) is 2. The maximum Gasteiger partial charge on any atom is 0.416 e. The lowest BCUT2D eigenvalue weighted by atomic mass is 10.1. The quantitative estimate of drug-likeness (QED) is 0.804. The molecule has 1 aromatic rings. The van der Waals surface area contributed by atoms with Gasteiger partial charge in [0, 0.05) is 13.1 Å². The fraction of sp³-hybridized carbons (Fsp3) is 0.385. The van der Waals surface area contributed by atoms with Crippen LogP contribution in [0.5, 0.6) is 0 Å². The second kappa shape index (κ2) is 5.71. The first kappa shape index (κ1) is 15.3. The van der Waals surface area contributed by atoms with E-state index >= 15 is 0 Å². The van der Waals surface area contributed by atoms with Gasteiger partial charge in [0.1, 0.15) is 5.82 Å². The van der Waals surface area contributed by atoms with Gasteiger partial charge in [0.05, 0.1) is 17.7 Å². The Morgan fingerprint density at radius 1 is 1.29 bits per heavy atom. The average molecular weight is 304 g/mol. The summed E-state index contributed by atoms with van der Waals surface area (Å²) in [6.07, 6.45) is -4.21. The average Bonchev–Trinajstić information content (AvgIpc) is 2.62. The largest absolute Gasteiger partial charge is 0.416 e. The predicted molar refractivity (Wildman–Crippen MR) is 64.9 cm³/mol. The van der Waals surface area contributed by atoms with Gasteiger partial charge in [-0.25, -0.2) is 4.39 Å². The van der Waals surface area contributed by atoms with Crippen molar-refractivity contribution in [2.45, 2.75) is 12.6 Å². The second-order valence-electron chi connectivity index (χ2n) is 4.62. The Balaban J connectivity index is 2.31. The molecule has 0 atom stereocenters. The Bertz CT molecular complexity index is 572. The number of nitrogens with zero attached hydrogens (tertiary/aromatic N) is 1. The van der Waals surface area contributed by atoms with Crippen LogP contribution in [0, 0.1) is 5.82 Å². The molecule has 1 aromatic carbocycles. The highest BCUT2D eigenvalue weighted by Gasteiger charge is 2.33. The van der Waals surface area contributed by atoms with Crippen LogP contribution in [-0.2, 0) is 11.0 Å². The summed E-state index contributed by atoms with van der Waals surface area (Å²) >= 11 is 0. The standard InChI is InChI=1S/C13H12F4N2O2/c14-10-3-2-8(13(15,16)17)6-9(10)12(21)19-5-1-4-18-11(20)7-19/h2-3,6H,1,4-5,7H2,(H,18,20). The number of alkyl halides is 3. The predicted octanol–water partition coefficient (Wildman–Crippen LogP) is 1.81. The number of benzene rings is 1. The summed E-state index contributed by atoms with van der Waals surface area (Å²) in [5.74, 6) is -2.39. The first-order valence-corrected chi connectivity index (χ1v) is 6.22. The van der Waals surface area contributed by atoms with Gasteiger partial charge in [-0.2, -0.15) is 13.2 Å². The third kappa shape index (κ3) is 3.50. The van der Waals surface area contributed by atoms with Crippen molar-refractivity contribution in [3.63, 3.8) is 0 Å². The van der Waals surface area contributed by atoms with E-state index in [9.17, 15) is 27.2 Å². The van der Waals surface area contributed by atoms with Crippen LogP contribution < -0.4 is 5.32 Å².